The van der Waals surface area contributed by atoms with E-state index in [-0.39, 0.29) is 0 Å². The van der Waals surface area contributed by atoms with E-state index in [0.717, 1.165) is 22.2 Å². The third kappa shape index (κ3) is 6.20. The summed E-state index contributed by atoms with van der Waals surface area (Å²) >= 11 is 0. The molecule has 0 unspecified atom stereocenters. The van der Waals surface area contributed by atoms with Gasteiger partial charge in [-0.2, -0.15) is 0 Å². The molecule has 2 saturated heterocycles. The summed E-state index contributed by atoms with van der Waals surface area (Å²) in [6, 6.07) is 23.2. The van der Waals surface area contributed by atoms with Gasteiger partial charge in [0.15, 0.2) is 0 Å². The Hall–Kier alpha value is -2.97. The largest absolute Gasteiger partial charge is 0.494 e. The molecule has 0 N–H and O–H groups in total. The van der Waals surface area contributed by atoms with E-state index in [0.29, 0.717) is 18.1 Å². The Morgan fingerprint density at radius 2 is 0.857 bits per heavy atom. The van der Waals surface area contributed by atoms with Gasteiger partial charge in [0.2, 0.25) is 0 Å². The van der Waals surface area contributed by atoms with E-state index in [1.165, 1.54) is 0 Å². The van der Waals surface area contributed by atoms with Gasteiger partial charge in [0.25, 0.3) is 6.29 Å². The Morgan fingerprint density at radius 3 is 1.19 bits per heavy atom. The van der Waals surface area contributed by atoms with Gasteiger partial charge in [-0.25, -0.2) is 0 Å². The molecule has 3 aromatic rings. The second kappa shape index (κ2) is 11.3. The van der Waals surface area contributed by atoms with Crippen LogP contribution in [0, 0.1) is 0 Å². The molecule has 2 aliphatic heterocycles. The monoisotopic (exact) mass is 572 g/mol. The smallest absolute Gasteiger partial charge is 0.494 e. The predicted molar refractivity (Wildman–Crippen MR) is 166 cm³/mol. The van der Waals surface area contributed by atoms with Crippen LogP contribution in [-0.2, 0) is 18.6 Å². The standard InChI is InChI=1S/C33H42B2O7/c1-10-36-26-17-11-23(12-18-26)29(37-27-19-13-24(14-20-27)34-39-30(2,3)31(4,5)40-34)38-28-21-15-25(16-22-28)35-41-32(6,7)33(8,9)42-35/h11-22,29H,10H2,1-9H3. The lowest BCUT2D eigenvalue weighted by Crippen LogP contribution is -2.41. The van der Waals surface area contributed by atoms with Crippen molar-refractivity contribution in [3.8, 4) is 17.2 Å². The van der Waals surface area contributed by atoms with Crippen molar-refractivity contribution in [2.24, 2.45) is 0 Å². The van der Waals surface area contributed by atoms with Crippen molar-refractivity contribution in [2.45, 2.75) is 91.0 Å². The third-order valence-corrected chi connectivity index (χ3v) is 8.76. The molecule has 222 valence electrons. The van der Waals surface area contributed by atoms with Crippen molar-refractivity contribution in [1.82, 2.24) is 0 Å². The summed E-state index contributed by atoms with van der Waals surface area (Å²) in [6.07, 6.45) is -0.703. The SMILES string of the molecule is CCOc1ccc(C(Oc2ccc(B3OC(C)(C)C(C)(C)O3)cc2)Oc2ccc(B3OC(C)(C)C(C)(C)O3)cc2)cc1. The van der Waals surface area contributed by atoms with E-state index in [2.05, 4.69) is 0 Å². The highest BCUT2D eigenvalue weighted by molar-refractivity contribution is 6.62. The molecule has 0 radical (unpaired) electrons. The molecule has 0 amide bonds. The highest BCUT2D eigenvalue weighted by Crippen LogP contribution is 2.38. The molecular formula is C33H42B2O7. The minimum atomic E-state index is -0.703. The highest BCUT2D eigenvalue weighted by Gasteiger charge is 2.52. The average Bonchev–Trinajstić information content (AvgIpc) is 3.29. The predicted octanol–water partition coefficient (Wildman–Crippen LogP) is 5.84. The maximum Gasteiger partial charge on any atom is 0.494 e. The van der Waals surface area contributed by atoms with Gasteiger partial charge in [-0.15, -0.1) is 0 Å². The van der Waals surface area contributed by atoms with Crippen LogP contribution in [0.2, 0.25) is 0 Å². The zero-order valence-electron chi connectivity index (χ0n) is 26.2. The lowest BCUT2D eigenvalue weighted by molar-refractivity contribution is 0.00381. The number of hydrogen-bond donors (Lipinski definition) is 0. The molecule has 0 bridgehead atoms. The van der Waals surface area contributed by atoms with Gasteiger partial charge in [0.1, 0.15) is 17.2 Å². The van der Waals surface area contributed by atoms with Crippen molar-refractivity contribution in [3.63, 3.8) is 0 Å². The Kier molecular flexibility index (Phi) is 8.18. The Morgan fingerprint density at radius 1 is 0.524 bits per heavy atom. The van der Waals surface area contributed by atoms with Crippen molar-refractivity contribution in [2.75, 3.05) is 6.61 Å². The normalized spacial score (nSPS) is 20.1. The molecule has 2 heterocycles. The zero-order valence-corrected chi connectivity index (χ0v) is 26.2. The van der Waals surface area contributed by atoms with E-state index in [1.54, 1.807) is 0 Å². The van der Waals surface area contributed by atoms with Crippen LogP contribution in [0.4, 0.5) is 0 Å². The molecule has 2 aliphatic rings. The van der Waals surface area contributed by atoms with Crippen LogP contribution in [0.1, 0.15) is 74.2 Å². The van der Waals surface area contributed by atoms with Gasteiger partial charge in [-0.1, -0.05) is 24.3 Å². The first-order valence-electron chi connectivity index (χ1n) is 14.7. The van der Waals surface area contributed by atoms with Gasteiger partial charge >= 0.3 is 14.2 Å². The van der Waals surface area contributed by atoms with Crippen LogP contribution >= 0.6 is 0 Å². The van der Waals surface area contributed by atoms with Crippen molar-refractivity contribution >= 4 is 25.2 Å². The Balaban J connectivity index is 1.33. The first-order chi connectivity index (χ1) is 19.7. The molecule has 0 spiro atoms. The van der Waals surface area contributed by atoms with Crippen LogP contribution < -0.4 is 25.1 Å². The topological polar surface area (TPSA) is 64.6 Å². The molecular weight excluding hydrogens is 530 g/mol. The first-order valence-corrected chi connectivity index (χ1v) is 14.7. The number of hydrogen-bond acceptors (Lipinski definition) is 7. The molecule has 0 aromatic heterocycles. The second-order valence-electron chi connectivity index (χ2n) is 12.9. The maximum absolute atomic E-state index is 6.39. The summed E-state index contributed by atoms with van der Waals surface area (Å²) in [5.74, 6) is 2.10. The van der Waals surface area contributed by atoms with Crippen LogP contribution in [-0.4, -0.2) is 43.2 Å². The number of benzene rings is 3. The molecule has 0 atom stereocenters. The molecule has 7 nitrogen and oxygen atoms in total. The molecule has 5 rings (SSSR count). The van der Waals surface area contributed by atoms with E-state index in [1.807, 2.05) is 135 Å². The molecule has 3 aromatic carbocycles. The quantitative estimate of drug-likeness (QED) is 0.236. The summed E-state index contributed by atoms with van der Waals surface area (Å²) in [5, 5.41) is 0. The lowest BCUT2D eigenvalue weighted by atomic mass is 9.79. The molecule has 0 aliphatic carbocycles. The zero-order chi connectivity index (χ0) is 30.3. The highest BCUT2D eigenvalue weighted by atomic mass is 16.7. The second-order valence-corrected chi connectivity index (χ2v) is 12.9. The molecule has 0 saturated carbocycles. The lowest BCUT2D eigenvalue weighted by Gasteiger charge is -2.32. The van der Waals surface area contributed by atoms with Crippen LogP contribution in [0.3, 0.4) is 0 Å². The average molecular weight is 572 g/mol. The van der Waals surface area contributed by atoms with Crippen molar-refractivity contribution in [3.05, 3.63) is 78.4 Å². The number of ether oxygens (including phenoxy) is 3. The van der Waals surface area contributed by atoms with Gasteiger partial charge in [-0.05, 0) is 122 Å². The molecule has 42 heavy (non-hydrogen) atoms. The summed E-state index contributed by atoms with van der Waals surface area (Å²) in [5.41, 5.74) is 1.09. The summed E-state index contributed by atoms with van der Waals surface area (Å²) in [7, 11) is -0.880. The maximum atomic E-state index is 6.39. The summed E-state index contributed by atoms with van der Waals surface area (Å²) in [6.45, 7) is 18.9. The minimum absolute atomic E-state index is 0.405. The first kappa shape index (κ1) is 30.5. The van der Waals surface area contributed by atoms with Gasteiger partial charge in [0.05, 0.1) is 29.0 Å². The van der Waals surface area contributed by atoms with Gasteiger partial charge < -0.3 is 32.8 Å². The van der Waals surface area contributed by atoms with E-state index in [9.17, 15) is 0 Å². The Bertz CT molecular complexity index is 1240. The molecule has 9 heteroatoms. The van der Waals surface area contributed by atoms with E-state index in [4.69, 9.17) is 32.8 Å². The van der Waals surface area contributed by atoms with E-state index >= 15 is 0 Å². The van der Waals surface area contributed by atoms with Crippen LogP contribution in [0.5, 0.6) is 17.2 Å². The fourth-order valence-corrected chi connectivity index (χ4v) is 4.66. The van der Waals surface area contributed by atoms with Crippen LogP contribution in [0.25, 0.3) is 0 Å². The summed E-state index contributed by atoms with van der Waals surface area (Å²) < 4.78 is 43.2. The fraction of sp³-hybridized carbons (Fsp3) is 0.455. The van der Waals surface area contributed by atoms with Gasteiger partial charge in [0, 0.05) is 5.56 Å². The minimum Gasteiger partial charge on any atom is -0.494 e. The van der Waals surface area contributed by atoms with Crippen molar-refractivity contribution < 1.29 is 32.8 Å². The Labute approximate surface area is 251 Å². The van der Waals surface area contributed by atoms with Crippen molar-refractivity contribution in [1.29, 1.82) is 0 Å². The summed E-state index contributed by atoms with van der Waals surface area (Å²) in [4.78, 5) is 0. The number of rotatable bonds is 9. The van der Waals surface area contributed by atoms with Gasteiger partial charge in [-0.3, -0.25) is 0 Å². The van der Waals surface area contributed by atoms with E-state index < -0.39 is 42.9 Å². The fourth-order valence-electron chi connectivity index (χ4n) is 4.66. The third-order valence-electron chi connectivity index (χ3n) is 8.76. The van der Waals surface area contributed by atoms with Crippen LogP contribution in [0.15, 0.2) is 72.8 Å². The molecule has 2 fully saturated rings.